The van der Waals surface area contributed by atoms with Crippen LogP contribution in [-0.2, 0) is 5.75 Å². The molecule has 22 heavy (non-hydrogen) atoms. The van der Waals surface area contributed by atoms with Crippen LogP contribution in [0.3, 0.4) is 0 Å². The van der Waals surface area contributed by atoms with Crippen LogP contribution in [0.2, 0.25) is 0 Å². The number of thioether (sulfide) groups is 2. The largest absolute Gasteiger partial charge is 0.280 e. The maximum atomic E-state index is 11.9. The summed E-state index contributed by atoms with van der Waals surface area (Å²) in [6, 6.07) is 9.65. The van der Waals surface area contributed by atoms with E-state index in [1.54, 1.807) is 24.3 Å². The number of H-pyrrole nitrogens is 1. The highest BCUT2D eigenvalue weighted by Crippen LogP contribution is 2.36. The van der Waals surface area contributed by atoms with E-state index in [4.69, 9.17) is 5.26 Å². The monoisotopic (exact) mass is 329 g/mol. The van der Waals surface area contributed by atoms with E-state index in [9.17, 15) is 4.79 Å². The molecule has 8 heteroatoms. The standard InChI is InChI=1S/C14H11N5OS2/c1-19-11-7-16-17-13(20)12(11)22-14(18-19)21-8-10-5-3-2-4-9(10)6-15/h2-5,7H,8H2,1H3,(H,17,20). The molecular formula is C14H11N5OS2. The van der Waals surface area contributed by atoms with Crippen LogP contribution in [0.1, 0.15) is 11.1 Å². The van der Waals surface area contributed by atoms with Gasteiger partial charge in [0.1, 0.15) is 4.90 Å². The van der Waals surface area contributed by atoms with E-state index in [-0.39, 0.29) is 5.56 Å². The lowest BCUT2D eigenvalue weighted by atomic mass is 10.1. The van der Waals surface area contributed by atoms with Crippen molar-refractivity contribution in [1.29, 1.82) is 5.26 Å². The summed E-state index contributed by atoms with van der Waals surface area (Å²) in [7, 11) is 1.78. The van der Waals surface area contributed by atoms with Crippen molar-refractivity contribution < 1.29 is 0 Å². The molecule has 1 aromatic carbocycles. The summed E-state index contributed by atoms with van der Waals surface area (Å²) >= 11 is 2.83. The van der Waals surface area contributed by atoms with E-state index in [0.29, 0.717) is 21.9 Å². The maximum absolute atomic E-state index is 11.9. The van der Waals surface area contributed by atoms with Gasteiger partial charge in [0.25, 0.3) is 5.56 Å². The highest BCUT2D eigenvalue weighted by molar-refractivity contribution is 8.38. The normalized spacial score (nSPS) is 13.3. The minimum Gasteiger partial charge on any atom is -0.267 e. The molecule has 0 amide bonds. The van der Waals surface area contributed by atoms with Crippen LogP contribution in [0.4, 0.5) is 5.69 Å². The first-order valence-corrected chi connectivity index (χ1v) is 8.18. The van der Waals surface area contributed by atoms with E-state index >= 15 is 0 Å². The number of hydrogen-bond acceptors (Lipinski definition) is 7. The number of benzene rings is 1. The number of aromatic amines is 1. The van der Waals surface area contributed by atoms with Crippen LogP contribution in [0.5, 0.6) is 0 Å². The van der Waals surface area contributed by atoms with Crippen LogP contribution in [0.25, 0.3) is 0 Å². The van der Waals surface area contributed by atoms with Crippen LogP contribution < -0.4 is 10.6 Å². The summed E-state index contributed by atoms with van der Waals surface area (Å²) in [5.74, 6) is 0.627. The number of fused-ring (bicyclic) bond motifs is 1. The minimum absolute atomic E-state index is 0.222. The average Bonchev–Trinajstić information content (AvgIpc) is 2.54. The van der Waals surface area contributed by atoms with E-state index in [0.717, 1.165) is 9.94 Å². The van der Waals surface area contributed by atoms with E-state index in [1.807, 2.05) is 18.2 Å². The van der Waals surface area contributed by atoms with Crippen molar-refractivity contribution >= 4 is 33.6 Å². The smallest absolute Gasteiger partial charge is 0.267 e. The molecule has 2 heterocycles. The molecule has 1 aliphatic rings. The number of nitrogens with one attached hydrogen (secondary N) is 1. The lowest BCUT2D eigenvalue weighted by Gasteiger charge is -2.21. The van der Waals surface area contributed by atoms with Gasteiger partial charge in [-0.25, -0.2) is 5.10 Å². The number of hydrogen-bond donors (Lipinski definition) is 1. The van der Waals surface area contributed by atoms with Gasteiger partial charge in [0.2, 0.25) is 0 Å². The molecule has 0 saturated carbocycles. The van der Waals surface area contributed by atoms with Gasteiger partial charge < -0.3 is 0 Å². The van der Waals surface area contributed by atoms with Gasteiger partial charge in [-0.15, -0.1) is 0 Å². The highest BCUT2D eigenvalue weighted by atomic mass is 32.2. The van der Waals surface area contributed by atoms with Crippen molar-refractivity contribution in [3.8, 4) is 6.07 Å². The van der Waals surface area contributed by atoms with Crippen molar-refractivity contribution in [3.63, 3.8) is 0 Å². The molecule has 0 unspecified atom stereocenters. The van der Waals surface area contributed by atoms with Gasteiger partial charge in [0, 0.05) is 12.8 Å². The van der Waals surface area contributed by atoms with E-state index in [1.165, 1.54) is 23.5 Å². The summed E-state index contributed by atoms with van der Waals surface area (Å²) in [6.07, 6.45) is 1.58. The van der Waals surface area contributed by atoms with Gasteiger partial charge in [0.05, 0.1) is 23.5 Å². The molecule has 0 saturated heterocycles. The van der Waals surface area contributed by atoms with Crippen molar-refractivity contribution in [2.45, 2.75) is 10.6 Å². The third kappa shape index (κ3) is 2.86. The number of aromatic nitrogens is 2. The summed E-state index contributed by atoms with van der Waals surface area (Å²) in [4.78, 5) is 12.4. The molecule has 3 rings (SSSR count). The van der Waals surface area contributed by atoms with Crippen molar-refractivity contribution in [1.82, 2.24) is 10.2 Å². The van der Waals surface area contributed by atoms with E-state index in [2.05, 4.69) is 21.4 Å². The lowest BCUT2D eigenvalue weighted by Crippen LogP contribution is -2.22. The summed E-state index contributed by atoms with van der Waals surface area (Å²) in [5, 5.41) is 21.4. The Morgan fingerprint density at radius 2 is 2.27 bits per heavy atom. The first-order chi connectivity index (χ1) is 10.7. The predicted octanol–water partition coefficient (Wildman–Crippen LogP) is 2.39. The first kappa shape index (κ1) is 14.7. The Morgan fingerprint density at radius 3 is 3.09 bits per heavy atom. The minimum atomic E-state index is -0.222. The molecule has 110 valence electrons. The number of nitrogens with zero attached hydrogens (tertiary/aromatic N) is 4. The molecule has 0 radical (unpaired) electrons. The topological polar surface area (TPSA) is 85.1 Å². The lowest BCUT2D eigenvalue weighted by molar-refractivity contribution is 0.899. The van der Waals surface area contributed by atoms with Crippen molar-refractivity contribution in [2.24, 2.45) is 5.10 Å². The molecule has 0 fully saturated rings. The molecule has 2 aromatic rings. The van der Waals surface area contributed by atoms with Crippen molar-refractivity contribution in [2.75, 3.05) is 12.1 Å². The zero-order valence-electron chi connectivity index (χ0n) is 11.6. The third-order valence-corrected chi connectivity index (χ3v) is 5.29. The van der Waals surface area contributed by atoms with Crippen LogP contribution in [0, 0.1) is 11.3 Å². The first-order valence-electron chi connectivity index (χ1n) is 6.37. The predicted molar refractivity (Wildman–Crippen MR) is 89.0 cm³/mol. The third-order valence-electron chi connectivity index (χ3n) is 3.05. The van der Waals surface area contributed by atoms with Gasteiger partial charge in [-0.1, -0.05) is 41.7 Å². The average molecular weight is 329 g/mol. The molecule has 6 nitrogen and oxygen atoms in total. The number of hydrazone groups is 1. The summed E-state index contributed by atoms with van der Waals surface area (Å²) in [5.41, 5.74) is 2.08. The second-order valence-electron chi connectivity index (χ2n) is 4.46. The second-order valence-corrected chi connectivity index (χ2v) is 6.68. The highest BCUT2D eigenvalue weighted by Gasteiger charge is 2.21. The number of rotatable bonds is 2. The Balaban J connectivity index is 1.79. The zero-order valence-corrected chi connectivity index (χ0v) is 13.2. The Kier molecular flexibility index (Phi) is 4.18. The van der Waals surface area contributed by atoms with Crippen LogP contribution in [0.15, 0.2) is 45.3 Å². The molecule has 1 aliphatic heterocycles. The molecule has 0 atom stereocenters. The fraction of sp³-hybridized carbons (Fsp3) is 0.143. The molecule has 1 aromatic heterocycles. The van der Waals surface area contributed by atoms with Gasteiger partial charge in [-0.2, -0.15) is 15.5 Å². The Labute approximate surface area is 135 Å². The Bertz CT molecular complexity index is 840. The fourth-order valence-corrected chi connectivity index (χ4v) is 4.08. The van der Waals surface area contributed by atoms with Crippen LogP contribution >= 0.6 is 23.5 Å². The second kappa shape index (κ2) is 6.25. The number of anilines is 1. The van der Waals surface area contributed by atoms with Gasteiger partial charge >= 0.3 is 0 Å². The zero-order chi connectivity index (χ0) is 15.5. The summed E-state index contributed by atoms with van der Waals surface area (Å²) in [6.45, 7) is 0. The van der Waals surface area contributed by atoms with Gasteiger partial charge in [-0.05, 0) is 11.6 Å². The molecule has 0 aliphatic carbocycles. The van der Waals surface area contributed by atoms with E-state index < -0.39 is 0 Å². The summed E-state index contributed by atoms with van der Waals surface area (Å²) < 4.78 is 0.763. The van der Waals surface area contributed by atoms with Crippen LogP contribution in [-0.4, -0.2) is 21.6 Å². The van der Waals surface area contributed by atoms with Gasteiger partial charge in [-0.3, -0.25) is 9.80 Å². The molecular weight excluding hydrogens is 318 g/mol. The number of nitriles is 1. The SMILES string of the molecule is CN1N=C(SCc2ccccc2C#N)Sc2c1cn[nH]c2=O. The maximum Gasteiger partial charge on any atom is 0.280 e. The van der Waals surface area contributed by atoms with Gasteiger partial charge in [0.15, 0.2) is 4.38 Å². The molecule has 0 spiro atoms. The van der Waals surface area contributed by atoms with Crippen molar-refractivity contribution in [3.05, 3.63) is 51.9 Å². The quantitative estimate of drug-likeness (QED) is 0.910. The molecule has 0 bridgehead atoms. The Morgan fingerprint density at radius 1 is 1.45 bits per heavy atom. The molecule has 1 N–H and O–H groups in total. The fourth-order valence-electron chi connectivity index (χ4n) is 1.94. The Hall–Kier alpha value is -2.24.